The third-order valence-corrected chi connectivity index (χ3v) is 6.44. The smallest absolute Gasteiger partial charge is 0.407 e. The number of carbonyl (C=O) groups is 1. The summed E-state index contributed by atoms with van der Waals surface area (Å²) < 4.78 is 6.32. The highest BCUT2D eigenvalue weighted by Gasteiger charge is 2.44. The molecule has 0 spiro atoms. The van der Waals surface area contributed by atoms with Crippen LogP contribution in [0.5, 0.6) is 0 Å². The van der Waals surface area contributed by atoms with E-state index >= 15 is 0 Å². The number of rotatable bonds is 5. The largest absolute Gasteiger partial charge is 0.492 e. The minimum Gasteiger partial charge on any atom is -0.492 e. The van der Waals surface area contributed by atoms with Crippen LogP contribution in [0.3, 0.4) is 0 Å². The second-order valence-electron chi connectivity index (χ2n) is 8.69. The van der Waals surface area contributed by atoms with Crippen molar-refractivity contribution >= 4 is 11.9 Å². The van der Waals surface area contributed by atoms with Gasteiger partial charge in [0.2, 0.25) is 0 Å². The Hall–Kier alpha value is -2.79. The fraction of sp³-hybridized carbons (Fsp3) is 0.400. The van der Waals surface area contributed by atoms with Gasteiger partial charge in [0.15, 0.2) is 0 Å². The predicted octanol–water partition coefficient (Wildman–Crippen LogP) is 4.12. The van der Waals surface area contributed by atoms with E-state index in [1.807, 2.05) is 0 Å². The fourth-order valence-corrected chi connectivity index (χ4v) is 4.90. The first-order chi connectivity index (χ1) is 14.4. The highest BCUT2D eigenvalue weighted by molar-refractivity contribution is 5.65. The first-order valence-electron chi connectivity index (χ1n) is 10.6. The lowest BCUT2D eigenvalue weighted by molar-refractivity contribution is 0.00352. The molecule has 5 heteroatoms. The van der Waals surface area contributed by atoms with E-state index in [0.29, 0.717) is 25.5 Å². The molecule has 158 valence electrons. The summed E-state index contributed by atoms with van der Waals surface area (Å²) in [6, 6.07) is 14.9. The average molecular weight is 407 g/mol. The van der Waals surface area contributed by atoms with Gasteiger partial charge in [0.1, 0.15) is 12.4 Å². The minimum absolute atomic E-state index is 0.171. The minimum atomic E-state index is -0.835. The molecule has 0 bridgehead atoms. The van der Waals surface area contributed by atoms with Gasteiger partial charge in [-0.05, 0) is 49.9 Å². The first-order valence-corrected chi connectivity index (χ1v) is 10.6. The van der Waals surface area contributed by atoms with Crippen molar-refractivity contribution in [2.24, 2.45) is 0 Å². The van der Waals surface area contributed by atoms with Crippen molar-refractivity contribution in [3.63, 3.8) is 0 Å². The standard InChI is InChI=1S/C25H30N2O3/c1-18-12-19(2)14-23(13-18)20(3)30-17-25(15-21-6-4-5-7-22(21)16-25)27-10-8-26(9-11-27)24(28)29/h4-7,12-14H,3,8-11,15-17H2,1-2H3,(H,28,29). The van der Waals surface area contributed by atoms with Gasteiger partial charge in [0.25, 0.3) is 0 Å². The van der Waals surface area contributed by atoms with E-state index in [-0.39, 0.29) is 5.54 Å². The van der Waals surface area contributed by atoms with Gasteiger partial charge in [-0.1, -0.05) is 48.0 Å². The molecule has 4 rings (SSSR count). The molecule has 2 aromatic carbocycles. The van der Waals surface area contributed by atoms with Crippen molar-refractivity contribution in [1.29, 1.82) is 0 Å². The van der Waals surface area contributed by atoms with Crippen LogP contribution in [-0.4, -0.2) is 59.3 Å². The summed E-state index contributed by atoms with van der Waals surface area (Å²) in [5.74, 6) is 0.696. The van der Waals surface area contributed by atoms with Gasteiger partial charge in [-0.3, -0.25) is 4.90 Å². The van der Waals surface area contributed by atoms with E-state index in [9.17, 15) is 9.90 Å². The van der Waals surface area contributed by atoms with E-state index in [2.05, 4.69) is 67.8 Å². The van der Waals surface area contributed by atoms with Crippen molar-refractivity contribution in [2.75, 3.05) is 32.8 Å². The molecule has 1 aliphatic carbocycles. The molecule has 5 nitrogen and oxygen atoms in total. The van der Waals surface area contributed by atoms with E-state index in [1.54, 1.807) is 0 Å². The molecule has 1 saturated heterocycles. The van der Waals surface area contributed by atoms with E-state index in [4.69, 9.17) is 4.74 Å². The van der Waals surface area contributed by atoms with Crippen LogP contribution < -0.4 is 0 Å². The van der Waals surface area contributed by atoms with Gasteiger partial charge < -0.3 is 14.7 Å². The quantitative estimate of drug-likeness (QED) is 0.759. The number of piperazine rings is 1. The van der Waals surface area contributed by atoms with E-state index in [1.165, 1.54) is 27.2 Å². The maximum atomic E-state index is 11.3. The normalized spacial score (nSPS) is 18.1. The summed E-state index contributed by atoms with van der Waals surface area (Å²) in [4.78, 5) is 15.3. The molecule has 1 aliphatic heterocycles. The van der Waals surface area contributed by atoms with Crippen LogP contribution in [0.1, 0.15) is 27.8 Å². The topological polar surface area (TPSA) is 53.0 Å². The molecule has 30 heavy (non-hydrogen) atoms. The Balaban J connectivity index is 1.53. The Kier molecular flexibility index (Phi) is 5.56. The van der Waals surface area contributed by atoms with Gasteiger partial charge in [-0.15, -0.1) is 0 Å². The van der Waals surface area contributed by atoms with Crippen LogP contribution in [0, 0.1) is 13.8 Å². The molecule has 2 aromatic rings. The zero-order valence-corrected chi connectivity index (χ0v) is 17.9. The number of aryl methyl sites for hydroxylation is 2. The molecule has 1 N–H and O–H groups in total. The summed E-state index contributed by atoms with van der Waals surface area (Å²) in [6.45, 7) is 11.4. The third-order valence-electron chi connectivity index (χ3n) is 6.44. The van der Waals surface area contributed by atoms with Crippen LogP contribution in [0.4, 0.5) is 4.79 Å². The molecule has 0 unspecified atom stereocenters. The number of fused-ring (bicyclic) bond motifs is 1. The lowest BCUT2D eigenvalue weighted by Crippen LogP contribution is -2.60. The molecule has 1 amide bonds. The number of amides is 1. The van der Waals surface area contributed by atoms with Crippen LogP contribution >= 0.6 is 0 Å². The molecule has 2 aliphatic rings. The number of carboxylic acid groups (broad SMARTS) is 1. The first kappa shape index (κ1) is 20.5. The lowest BCUT2D eigenvalue weighted by atomic mass is 9.93. The third kappa shape index (κ3) is 4.08. The highest BCUT2D eigenvalue weighted by atomic mass is 16.5. The maximum Gasteiger partial charge on any atom is 0.407 e. The zero-order valence-electron chi connectivity index (χ0n) is 17.9. The predicted molar refractivity (Wildman–Crippen MR) is 119 cm³/mol. The van der Waals surface area contributed by atoms with Crippen molar-refractivity contribution in [2.45, 2.75) is 32.2 Å². The molecular formula is C25H30N2O3. The van der Waals surface area contributed by atoms with Crippen LogP contribution in [0.25, 0.3) is 5.76 Å². The molecular weight excluding hydrogens is 376 g/mol. The zero-order chi connectivity index (χ0) is 21.3. The van der Waals surface area contributed by atoms with Crippen LogP contribution in [0.15, 0.2) is 49.0 Å². The van der Waals surface area contributed by atoms with Crippen LogP contribution in [0.2, 0.25) is 0 Å². The monoisotopic (exact) mass is 406 g/mol. The average Bonchev–Trinajstić information content (AvgIpc) is 3.11. The van der Waals surface area contributed by atoms with Crippen LogP contribution in [-0.2, 0) is 17.6 Å². The van der Waals surface area contributed by atoms with Crippen molar-refractivity contribution in [3.8, 4) is 0 Å². The number of nitrogens with zero attached hydrogens (tertiary/aromatic N) is 2. The molecule has 0 aromatic heterocycles. The van der Waals surface area contributed by atoms with Gasteiger partial charge in [-0.25, -0.2) is 4.79 Å². The van der Waals surface area contributed by atoms with Crippen molar-refractivity contribution in [1.82, 2.24) is 9.80 Å². The van der Waals surface area contributed by atoms with E-state index in [0.717, 1.165) is 31.5 Å². The van der Waals surface area contributed by atoms with Gasteiger partial charge in [0, 0.05) is 31.7 Å². The van der Waals surface area contributed by atoms with E-state index < -0.39 is 6.09 Å². The molecule has 0 radical (unpaired) electrons. The Bertz CT molecular complexity index is 915. The number of benzene rings is 2. The summed E-state index contributed by atoms with van der Waals surface area (Å²) in [7, 11) is 0. The number of hydrogen-bond acceptors (Lipinski definition) is 3. The van der Waals surface area contributed by atoms with Crippen molar-refractivity contribution in [3.05, 3.63) is 76.9 Å². The van der Waals surface area contributed by atoms with Crippen molar-refractivity contribution < 1.29 is 14.6 Å². The Morgan fingerprint density at radius 1 is 1.03 bits per heavy atom. The number of hydrogen-bond donors (Lipinski definition) is 1. The van der Waals surface area contributed by atoms with Gasteiger partial charge in [0.05, 0.1) is 5.54 Å². The Morgan fingerprint density at radius 2 is 1.60 bits per heavy atom. The fourth-order valence-electron chi connectivity index (χ4n) is 4.90. The molecule has 0 saturated carbocycles. The second-order valence-corrected chi connectivity index (χ2v) is 8.69. The molecule has 1 heterocycles. The summed E-state index contributed by atoms with van der Waals surface area (Å²) >= 11 is 0. The highest BCUT2D eigenvalue weighted by Crippen LogP contribution is 2.36. The summed E-state index contributed by atoms with van der Waals surface area (Å²) in [5, 5.41) is 9.31. The number of ether oxygens (including phenoxy) is 1. The lowest BCUT2D eigenvalue weighted by Gasteiger charge is -2.45. The second kappa shape index (κ2) is 8.15. The summed E-state index contributed by atoms with van der Waals surface area (Å²) in [5.41, 5.74) is 5.97. The van der Waals surface area contributed by atoms with Gasteiger partial charge >= 0.3 is 6.09 Å². The SMILES string of the molecule is C=C(OCC1(N2CCN(C(=O)O)CC2)Cc2ccccc2C1)c1cc(C)cc(C)c1. The maximum absolute atomic E-state index is 11.3. The Labute approximate surface area is 178 Å². The molecule has 0 atom stereocenters. The van der Waals surface area contributed by atoms with Gasteiger partial charge in [-0.2, -0.15) is 0 Å². The summed E-state index contributed by atoms with van der Waals surface area (Å²) in [6.07, 6.45) is 0.991. The Morgan fingerprint density at radius 3 is 2.13 bits per heavy atom. The molecule has 1 fully saturated rings.